The van der Waals surface area contributed by atoms with Gasteiger partial charge >= 0.3 is 6.03 Å². The molecule has 2 aromatic carbocycles. The number of nitrogens with one attached hydrogen (secondary N) is 2. The predicted octanol–water partition coefficient (Wildman–Crippen LogP) is 4.15. The Bertz CT molecular complexity index is 1250. The Morgan fingerprint density at radius 3 is 2.64 bits per heavy atom. The molecule has 0 unspecified atom stereocenters. The smallest absolute Gasteiger partial charge is 0.319 e. The molecule has 1 fully saturated rings. The summed E-state index contributed by atoms with van der Waals surface area (Å²) in [5, 5.41) is 16.0. The minimum Gasteiger partial charge on any atom is -0.488 e. The quantitative estimate of drug-likeness (QED) is 0.430. The number of hydrogen-bond acceptors (Lipinski definition) is 7. The molecule has 3 N–H and O–H groups in total. The van der Waals surface area contributed by atoms with Crippen molar-refractivity contribution in [3.8, 4) is 17.2 Å². The van der Waals surface area contributed by atoms with Crippen LogP contribution in [0.3, 0.4) is 0 Å². The van der Waals surface area contributed by atoms with Gasteiger partial charge in [-0.1, -0.05) is 32.3 Å². The van der Waals surface area contributed by atoms with Gasteiger partial charge in [0.15, 0.2) is 11.5 Å². The van der Waals surface area contributed by atoms with E-state index in [0.717, 1.165) is 42.7 Å². The van der Waals surface area contributed by atoms with Crippen LogP contribution in [0.15, 0.2) is 36.4 Å². The number of amides is 3. The van der Waals surface area contributed by atoms with Crippen molar-refractivity contribution in [3.05, 3.63) is 47.5 Å². The second kappa shape index (κ2) is 13.6. The van der Waals surface area contributed by atoms with Crippen molar-refractivity contribution >= 4 is 17.6 Å². The van der Waals surface area contributed by atoms with E-state index in [9.17, 15) is 14.7 Å². The molecule has 10 nitrogen and oxygen atoms in total. The Labute approximate surface area is 248 Å². The van der Waals surface area contributed by atoms with Crippen LogP contribution in [0.25, 0.3) is 0 Å². The van der Waals surface area contributed by atoms with Crippen LogP contribution >= 0.6 is 0 Å². The summed E-state index contributed by atoms with van der Waals surface area (Å²) >= 11 is 0. The highest BCUT2D eigenvalue weighted by atomic mass is 16.7. The fraction of sp³-hybridized carbons (Fsp3) is 0.562. The monoisotopic (exact) mass is 580 g/mol. The number of anilines is 1. The highest BCUT2D eigenvalue weighted by Gasteiger charge is 2.31. The van der Waals surface area contributed by atoms with Crippen molar-refractivity contribution in [1.29, 1.82) is 0 Å². The number of fused-ring (bicyclic) bond motifs is 2. The highest BCUT2D eigenvalue weighted by molar-refractivity contribution is 5.90. The molecule has 2 aromatic rings. The van der Waals surface area contributed by atoms with Gasteiger partial charge in [-0.3, -0.25) is 9.69 Å². The summed E-state index contributed by atoms with van der Waals surface area (Å²) in [4.78, 5) is 30.2. The molecule has 1 aliphatic carbocycles. The summed E-state index contributed by atoms with van der Waals surface area (Å²) in [5.41, 5.74) is 2.43. The Hall–Kier alpha value is -3.50. The van der Waals surface area contributed by atoms with Crippen molar-refractivity contribution < 1.29 is 28.9 Å². The number of rotatable bonds is 8. The normalized spacial score (nSPS) is 21.5. The topological polar surface area (TPSA) is 113 Å². The molecule has 3 atom stereocenters. The van der Waals surface area contributed by atoms with Gasteiger partial charge in [-0.25, -0.2) is 4.79 Å². The lowest BCUT2D eigenvalue weighted by Gasteiger charge is -2.34. The molecule has 0 radical (unpaired) electrons. The van der Waals surface area contributed by atoms with Crippen molar-refractivity contribution in [2.75, 3.05) is 38.9 Å². The van der Waals surface area contributed by atoms with E-state index in [-0.39, 0.29) is 55.9 Å². The molecule has 5 rings (SSSR count). The maximum Gasteiger partial charge on any atom is 0.319 e. The molecule has 3 aliphatic rings. The second-order valence-corrected chi connectivity index (χ2v) is 12.0. The average molecular weight is 581 g/mol. The molecule has 10 heteroatoms. The molecule has 2 heterocycles. The molecule has 0 bridgehead atoms. The molecule has 0 aromatic heterocycles. The van der Waals surface area contributed by atoms with E-state index >= 15 is 0 Å². The van der Waals surface area contributed by atoms with Crippen molar-refractivity contribution in [3.63, 3.8) is 0 Å². The van der Waals surface area contributed by atoms with Crippen LogP contribution in [0.1, 0.15) is 57.1 Å². The third kappa shape index (κ3) is 7.46. The van der Waals surface area contributed by atoms with Crippen LogP contribution in [-0.2, 0) is 17.8 Å². The van der Waals surface area contributed by atoms with Gasteiger partial charge in [0, 0.05) is 42.8 Å². The van der Waals surface area contributed by atoms with E-state index in [2.05, 4.69) is 22.5 Å². The largest absolute Gasteiger partial charge is 0.488 e. The molecular formula is C32H44N4O6. The molecule has 2 aliphatic heterocycles. The lowest BCUT2D eigenvalue weighted by Crippen LogP contribution is -2.47. The SMILES string of the molecule is C[C@@H]1CN([C@H](C)CO)C(=O)Cc2cc(NC(=O)NC3CCCCC3)ccc2O[C@H]1CN(C)Cc1ccc2c(c1)OCO2. The summed E-state index contributed by atoms with van der Waals surface area (Å²) in [6, 6.07) is 11.1. The third-order valence-corrected chi connectivity index (χ3v) is 8.50. The maximum atomic E-state index is 13.5. The van der Waals surface area contributed by atoms with Crippen LogP contribution in [-0.4, -0.2) is 78.6 Å². The van der Waals surface area contributed by atoms with Gasteiger partial charge in [0.25, 0.3) is 0 Å². The van der Waals surface area contributed by atoms with Crippen molar-refractivity contribution in [2.24, 2.45) is 5.92 Å². The fourth-order valence-corrected chi connectivity index (χ4v) is 6.05. The van der Waals surface area contributed by atoms with E-state index < -0.39 is 0 Å². The van der Waals surface area contributed by atoms with Crippen LogP contribution < -0.4 is 24.8 Å². The number of nitrogens with zero attached hydrogens (tertiary/aromatic N) is 2. The summed E-state index contributed by atoms with van der Waals surface area (Å²) in [6.07, 6.45) is 5.39. The summed E-state index contributed by atoms with van der Waals surface area (Å²) in [7, 11) is 2.05. The molecule has 1 saturated carbocycles. The predicted molar refractivity (Wildman–Crippen MR) is 160 cm³/mol. The van der Waals surface area contributed by atoms with Gasteiger partial charge in [-0.05, 0) is 62.7 Å². The van der Waals surface area contributed by atoms with Crippen molar-refractivity contribution in [2.45, 2.75) is 77.1 Å². The van der Waals surface area contributed by atoms with E-state index in [1.807, 2.05) is 50.4 Å². The first-order valence-electron chi connectivity index (χ1n) is 15.1. The summed E-state index contributed by atoms with van der Waals surface area (Å²) in [6.45, 7) is 5.83. The molecule has 3 amide bonds. The minimum atomic E-state index is -0.323. The number of aliphatic hydroxyl groups is 1. The first-order valence-corrected chi connectivity index (χ1v) is 15.1. The van der Waals surface area contributed by atoms with Crippen molar-refractivity contribution in [1.82, 2.24) is 15.1 Å². The summed E-state index contributed by atoms with van der Waals surface area (Å²) < 4.78 is 17.6. The fourth-order valence-electron chi connectivity index (χ4n) is 6.05. The van der Waals surface area contributed by atoms with Crippen LogP contribution in [0.2, 0.25) is 0 Å². The number of urea groups is 1. The minimum absolute atomic E-state index is 0.00724. The van der Waals surface area contributed by atoms with E-state index in [4.69, 9.17) is 14.2 Å². The van der Waals surface area contributed by atoms with Crippen LogP contribution in [0, 0.1) is 5.92 Å². The zero-order valence-corrected chi connectivity index (χ0v) is 24.9. The standard InChI is InChI=1S/C32H44N4O6/c1-21-16-36(22(2)19-37)31(38)15-24-14-26(34-32(39)33-25-7-5-4-6-8-25)10-12-27(24)42-30(21)18-35(3)17-23-9-11-28-29(13-23)41-20-40-28/h9-14,21-22,25,30,37H,4-8,15-20H2,1-3H3,(H2,33,34,39)/t21-,22-,30+/m1/s1. The molecular weight excluding hydrogens is 536 g/mol. The Morgan fingerprint density at radius 2 is 1.86 bits per heavy atom. The first kappa shape index (κ1) is 30.0. The lowest BCUT2D eigenvalue weighted by molar-refractivity contribution is -0.134. The maximum absolute atomic E-state index is 13.5. The van der Waals surface area contributed by atoms with Gasteiger partial charge in [0.2, 0.25) is 12.7 Å². The number of carbonyl (C=O) groups excluding carboxylic acids is 2. The zero-order valence-electron chi connectivity index (χ0n) is 24.9. The number of carbonyl (C=O) groups is 2. The molecule has 0 saturated heterocycles. The van der Waals surface area contributed by atoms with Gasteiger partial charge in [0.05, 0.1) is 19.1 Å². The third-order valence-electron chi connectivity index (χ3n) is 8.50. The Kier molecular flexibility index (Phi) is 9.74. The van der Waals surface area contributed by atoms with E-state index in [1.165, 1.54) is 6.42 Å². The number of ether oxygens (including phenoxy) is 3. The lowest BCUT2D eigenvalue weighted by atomic mass is 9.96. The second-order valence-electron chi connectivity index (χ2n) is 12.0. The number of hydrogen-bond donors (Lipinski definition) is 3. The van der Waals surface area contributed by atoms with Crippen LogP contribution in [0.4, 0.5) is 10.5 Å². The Morgan fingerprint density at radius 1 is 1.10 bits per heavy atom. The molecule has 228 valence electrons. The number of aliphatic hydroxyl groups excluding tert-OH is 1. The number of benzene rings is 2. The Balaban J connectivity index is 1.33. The van der Waals surface area contributed by atoms with Gasteiger partial charge in [-0.2, -0.15) is 0 Å². The van der Waals surface area contributed by atoms with Gasteiger partial charge < -0.3 is 34.9 Å². The van der Waals surface area contributed by atoms with Gasteiger partial charge in [-0.15, -0.1) is 0 Å². The molecule has 42 heavy (non-hydrogen) atoms. The number of likely N-dealkylation sites (N-methyl/N-ethyl adjacent to an activating group) is 1. The van der Waals surface area contributed by atoms with E-state index in [1.54, 1.807) is 4.90 Å². The highest BCUT2D eigenvalue weighted by Crippen LogP contribution is 2.33. The van der Waals surface area contributed by atoms with Crippen LogP contribution in [0.5, 0.6) is 17.2 Å². The van der Waals surface area contributed by atoms with Gasteiger partial charge in [0.1, 0.15) is 11.9 Å². The first-order chi connectivity index (χ1) is 20.3. The zero-order chi connectivity index (χ0) is 29.6. The summed E-state index contributed by atoms with van der Waals surface area (Å²) in [5.74, 6) is 2.06. The van der Waals surface area contributed by atoms with E-state index in [0.29, 0.717) is 36.6 Å². The molecule has 0 spiro atoms. The average Bonchev–Trinajstić information content (AvgIpc) is 3.45.